The van der Waals surface area contributed by atoms with Gasteiger partial charge in [0, 0.05) is 18.2 Å². The SMILES string of the molecule is CNC(CCN1CCC(C)C(C)C1)c1ccccc1F. The van der Waals surface area contributed by atoms with Crippen molar-refractivity contribution in [3.8, 4) is 0 Å². The summed E-state index contributed by atoms with van der Waals surface area (Å²) in [5, 5.41) is 3.25. The van der Waals surface area contributed by atoms with Crippen LogP contribution in [0, 0.1) is 17.7 Å². The van der Waals surface area contributed by atoms with Crippen molar-refractivity contribution in [1.82, 2.24) is 10.2 Å². The Balaban J connectivity index is 1.90. The molecule has 1 aliphatic rings. The summed E-state index contributed by atoms with van der Waals surface area (Å²) in [6.45, 7) is 8.08. The molecule has 1 N–H and O–H groups in total. The van der Waals surface area contributed by atoms with Gasteiger partial charge in [0.2, 0.25) is 0 Å². The fourth-order valence-corrected chi connectivity index (χ4v) is 3.08. The first-order chi connectivity index (χ1) is 9.61. The zero-order valence-corrected chi connectivity index (χ0v) is 12.9. The van der Waals surface area contributed by atoms with Crippen LogP contribution in [0.2, 0.25) is 0 Å². The van der Waals surface area contributed by atoms with E-state index in [9.17, 15) is 4.39 Å². The molecule has 1 aromatic rings. The molecule has 3 heteroatoms. The Morgan fingerprint density at radius 3 is 2.70 bits per heavy atom. The number of likely N-dealkylation sites (tertiary alicyclic amines) is 1. The van der Waals surface area contributed by atoms with Crippen LogP contribution < -0.4 is 5.32 Å². The standard InChI is InChI=1S/C17H27FN2/c1-13-8-10-20(12-14(13)2)11-9-17(19-3)15-6-4-5-7-16(15)18/h4-7,13-14,17,19H,8-12H2,1-3H3. The summed E-state index contributed by atoms with van der Waals surface area (Å²) in [7, 11) is 1.91. The summed E-state index contributed by atoms with van der Waals surface area (Å²) in [4.78, 5) is 2.52. The van der Waals surface area contributed by atoms with E-state index in [0.29, 0.717) is 0 Å². The summed E-state index contributed by atoms with van der Waals surface area (Å²) in [6.07, 6.45) is 2.24. The highest BCUT2D eigenvalue weighted by molar-refractivity contribution is 5.21. The van der Waals surface area contributed by atoms with Crippen molar-refractivity contribution >= 4 is 0 Å². The lowest BCUT2D eigenvalue weighted by Gasteiger charge is -2.36. The fraction of sp³-hybridized carbons (Fsp3) is 0.647. The molecule has 1 saturated heterocycles. The zero-order chi connectivity index (χ0) is 14.5. The van der Waals surface area contributed by atoms with Gasteiger partial charge in [0.05, 0.1) is 0 Å². The van der Waals surface area contributed by atoms with E-state index in [1.807, 2.05) is 19.2 Å². The van der Waals surface area contributed by atoms with Gasteiger partial charge in [-0.25, -0.2) is 4.39 Å². The average Bonchev–Trinajstić information content (AvgIpc) is 2.45. The molecule has 3 atom stereocenters. The van der Waals surface area contributed by atoms with Crippen molar-refractivity contribution in [2.45, 2.75) is 32.7 Å². The summed E-state index contributed by atoms with van der Waals surface area (Å²) in [5.74, 6) is 1.50. The maximum Gasteiger partial charge on any atom is 0.127 e. The predicted molar refractivity (Wildman–Crippen MR) is 82.2 cm³/mol. The van der Waals surface area contributed by atoms with Crippen LogP contribution >= 0.6 is 0 Å². The van der Waals surface area contributed by atoms with Crippen LogP contribution in [0.5, 0.6) is 0 Å². The van der Waals surface area contributed by atoms with E-state index in [0.717, 1.165) is 30.4 Å². The van der Waals surface area contributed by atoms with Crippen molar-refractivity contribution in [1.29, 1.82) is 0 Å². The lowest BCUT2D eigenvalue weighted by atomic mass is 9.88. The summed E-state index contributed by atoms with van der Waals surface area (Å²) < 4.78 is 13.9. The number of halogens is 1. The second-order valence-corrected chi connectivity index (χ2v) is 6.20. The van der Waals surface area contributed by atoms with Gasteiger partial charge in [0.1, 0.15) is 5.82 Å². The van der Waals surface area contributed by atoms with Crippen LogP contribution in [0.15, 0.2) is 24.3 Å². The molecule has 20 heavy (non-hydrogen) atoms. The van der Waals surface area contributed by atoms with Crippen LogP contribution in [-0.2, 0) is 0 Å². The number of hydrogen-bond acceptors (Lipinski definition) is 2. The van der Waals surface area contributed by atoms with Crippen molar-refractivity contribution in [3.05, 3.63) is 35.6 Å². The van der Waals surface area contributed by atoms with Crippen LogP contribution in [0.1, 0.15) is 38.3 Å². The Hall–Kier alpha value is -0.930. The maximum absolute atomic E-state index is 13.9. The monoisotopic (exact) mass is 278 g/mol. The quantitative estimate of drug-likeness (QED) is 0.887. The molecule has 0 radical (unpaired) electrons. The molecule has 1 heterocycles. The van der Waals surface area contributed by atoms with Crippen molar-refractivity contribution < 1.29 is 4.39 Å². The fourth-order valence-electron chi connectivity index (χ4n) is 3.08. The van der Waals surface area contributed by atoms with Gasteiger partial charge in [0.25, 0.3) is 0 Å². The van der Waals surface area contributed by atoms with E-state index >= 15 is 0 Å². The van der Waals surface area contributed by atoms with Gasteiger partial charge in [-0.1, -0.05) is 32.0 Å². The number of rotatable bonds is 5. The first kappa shape index (κ1) is 15.5. The largest absolute Gasteiger partial charge is 0.313 e. The smallest absolute Gasteiger partial charge is 0.127 e. The van der Waals surface area contributed by atoms with E-state index in [1.54, 1.807) is 12.1 Å². The van der Waals surface area contributed by atoms with E-state index in [2.05, 4.69) is 24.1 Å². The molecule has 0 spiro atoms. The van der Waals surface area contributed by atoms with E-state index in [1.165, 1.54) is 19.5 Å². The number of nitrogens with one attached hydrogen (secondary N) is 1. The van der Waals surface area contributed by atoms with Gasteiger partial charge in [-0.15, -0.1) is 0 Å². The first-order valence-electron chi connectivity index (χ1n) is 7.76. The Labute approximate surface area is 122 Å². The molecule has 0 saturated carbocycles. The average molecular weight is 278 g/mol. The second-order valence-electron chi connectivity index (χ2n) is 6.20. The first-order valence-corrected chi connectivity index (χ1v) is 7.76. The van der Waals surface area contributed by atoms with Gasteiger partial charge in [-0.3, -0.25) is 0 Å². The molecular formula is C17H27FN2. The van der Waals surface area contributed by atoms with Crippen molar-refractivity contribution in [3.63, 3.8) is 0 Å². The van der Waals surface area contributed by atoms with Gasteiger partial charge < -0.3 is 10.2 Å². The Bertz CT molecular complexity index is 421. The van der Waals surface area contributed by atoms with Crippen molar-refractivity contribution in [2.24, 2.45) is 11.8 Å². The highest BCUT2D eigenvalue weighted by atomic mass is 19.1. The van der Waals surface area contributed by atoms with Crippen LogP contribution in [0.25, 0.3) is 0 Å². The number of benzene rings is 1. The third kappa shape index (κ3) is 3.80. The molecule has 3 unspecified atom stereocenters. The molecule has 1 aromatic carbocycles. The molecule has 1 fully saturated rings. The maximum atomic E-state index is 13.9. The molecule has 1 aliphatic heterocycles. The topological polar surface area (TPSA) is 15.3 Å². The van der Waals surface area contributed by atoms with Gasteiger partial charge >= 0.3 is 0 Å². The Morgan fingerprint density at radius 2 is 2.05 bits per heavy atom. The molecule has 2 nitrogen and oxygen atoms in total. The highest BCUT2D eigenvalue weighted by Crippen LogP contribution is 2.24. The van der Waals surface area contributed by atoms with E-state index in [-0.39, 0.29) is 11.9 Å². The number of piperidine rings is 1. The summed E-state index contributed by atoms with van der Waals surface area (Å²) in [6, 6.07) is 7.19. The lowest BCUT2D eigenvalue weighted by Crippen LogP contribution is -2.39. The minimum atomic E-state index is -0.104. The number of hydrogen-bond donors (Lipinski definition) is 1. The third-order valence-corrected chi connectivity index (χ3v) is 4.78. The third-order valence-electron chi connectivity index (χ3n) is 4.78. The van der Waals surface area contributed by atoms with Crippen LogP contribution in [0.3, 0.4) is 0 Å². The molecule has 2 rings (SSSR count). The molecule has 0 bridgehead atoms. The normalized spacial score (nSPS) is 25.6. The Morgan fingerprint density at radius 1 is 1.30 bits per heavy atom. The summed E-state index contributed by atoms with van der Waals surface area (Å²) >= 11 is 0. The minimum absolute atomic E-state index is 0.103. The molecular weight excluding hydrogens is 251 g/mol. The van der Waals surface area contributed by atoms with Gasteiger partial charge in [-0.05, 0) is 50.9 Å². The van der Waals surface area contributed by atoms with Gasteiger partial charge in [-0.2, -0.15) is 0 Å². The molecule has 0 aliphatic carbocycles. The van der Waals surface area contributed by atoms with E-state index < -0.39 is 0 Å². The Kier molecular flexibility index (Phi) is 5.55. The molecule has 0 aromatic heterocycles. The molecule has 0 amide bonds. The second kappa shape index (κ2) is 7.19. The summed E-state index contributed by atoms with van der Waals surface area (Å²) in [5.41, 5.74) is 0.786. The molecule has 112 valence electrons. The van der Waals surface area contributed by atoms with Gasteiger partial charge in [0.15, 0.2) is 0 Å². The number of nitrogens with zero attached hydrogens (tertiary/aromatic N) is 1. The minimum Gasteiger partial charge on any atom is -0.313 e. The predicted octanol–water partition coefficient (Wildman–Crippen LogP) is 3.45. The highest BCUT2D eigenvalue weighted by Gasteiger charge is 2.23. The van der Waals surface area contributed by atoms with Crippen LogP contribution in [-0.4, -0.2) is 31.6 Å². The van der Waals surface area contributed by atoms with Crippen LogP contribution in [0.4, 0.5) is 4.39 Å². The lowest BCUT2D eigenvalue weighted by molar-refractivity contribution is 0.133. The van der Waals surface area contributed by atoms with Crippen molar-refractivity contribution in [2.75, 3.05) is 26.7 Å². The van der Waals surface area contributed by atoms with E-state index in [4.69, 9.17) is 0 Å². The zero-order valence-electron chi connectivity index (χ0n) is 12.9.